The van der Waals surface area contributed by atoms with Gasteiger partial charge in [0.25, 0.3) is 0 Å². The van der Waals surface area contributed by atoms with Gasteiger partial charge in [-0.25, -0.2) is 4.98 Å². The lowest BCUT2D eigenvalue weighted by molar-refractivity contribution is 0.354. The molecule has 0 fully saturated rings. The number of nitrogens with one attached hydrogen (secondary N) is 1. The van der Waals surface area contributed by atoms with Crippen molar-refractivity contribution in [2.75, 3.05) is 0 Å². The molecule has 108 valence electrons. The molecule has 0 aliphatic rings. The molecule has 1 aromatic carbocycles. The molecule has 0 aliphatic carbocycles. The Morgan fingerprint density at radius 3 is 2.55 bits per heavy atom. The molecule has 20 heavy (non-hydrogen) atoms. The third-order valence-electron chi connectivity index (χ3n) is 3.65. The molecule has 0 bridgehead atoms. The van der Waals surface area contributed by atoms with Gasteiger partial charge in [0.05, 0.1) is 11.9 Å². The normalized spacial score (nSPS) is 11.8. The van der Waals surface area contributed by atoms with E-state index >= 15 is 0 Å². The highest BCUT2D eigenvalue weighted by atomic mass is 15.1. The van der Waals surface area contributed by atoms with Crippen molar-refractivity contribution in [3.05, 3.63) is 48.0 Å². The predicted molar refractivity (Wildman–Crippen MR) is 84.1 cm³/mol. The van der Waals surface area contributed by atoms with E-state index in [1.807, 2.05) is 19.2 Å². The van der Waals surface area contributed by atoms with E-state index in [2.05, 4.69) is 59.9 Å². The van der Waals surface area contributed by atoms with Crippen molar-refractivity contribution >= 4 is 0 Å². The number of aryl methyl sites for hydroxylation is 1. The van der Waals surface area contributed by atoms with Gasteiger partial charge in [0.15, 0.2) is 0 Å². The fourth-order valence-electron chi connectivity index (χ4n) is 2.59. The highest BCUT2D eigenvalue weighted by Gasteiger charge is 2.17. The van der Waals surface area contributed by atoms with E-state index in [0.29, 0.717) is 0 Å². The van der Waals surface area contributed by atoms with Gasteiger partial charge in [-0.2, -0.15) is 0 Å². The summed E-state index contributed by atoms with van der Waals surface area (Å²) in [6.45, 7) is 9.62. The standard InChI is InChI=1S/C17H25N3/c1-5-11-17(3,4)19-13-16-12-18-14(2)20(16)15-9-7-6-8-10-15/h6-10,12,19H,5,11,13H2,1-4H3. The molecule has 0 spiro atoms. The van der Waals surface area contributed by atoms with Crippen LogP contribution < -0.4 is 5.32 Å². The molecule has 0 radical (unpaired) electrons. The summed E-state index contributed by atoms with van der Waals surface area (Å²) in [5.74, 6) is 1.03. The molecule has 1 N–H and O–H groups in total. The number of benzene rings is 1. The van der Waals surface area contributed by atoms with Crippen LogP contribution in [0.1, 0.15) is 45.1 Å². The van der Waals surface area contributed by atoms with E-state index < -0.39 is 0 Å². The zero-order valence-electron chi connectivity index (χ0n) is 13.0. The van der Waals surface area contributed by atoms with Crippen LogP contribution in [-0.4, -0.2) is 15.1 Å². The third-order valence-corrected chi connectivity index (χ3v) is 3.65. The molecular weight excluding hydrogens is 246 g/mol. The van der Waals surface area contributed by atoms with Crippen LogP contribution in [0.25, 0.3) is 5.69 Å². The molecule has 1 aromatic heterocycles. The Hall–Kier alpha value is -1.61. The molecule has 3 heteroatoms. The molecule has 0 atom stereocenters. The molecule has 0 amide bonds. The van der Waals surface area contributed by atoms with Crippen LogP contribution in [0.3, 0.4) is 0 Å². The topological polar surface area (TPSA) is 29.9 Å². The molecule has 2 rings (SSSR count). The minimum Gasteiger partial charge on any atom is -0.306 e. The Morgan fingerprint density at radius 1 is 1.20 bits per heavy atom. The first kappa shape index (κ1) is 14.8. The molecule has 0 saturated carbocycles. The summed E-state index contributed by atoms with van der Waals surface area (Å²) in [4.78, 5) is 4.46. The minimum absolute atomic E-state index is 0.161. The van der Waals surface area contributed by atoms with E-state index in [9.17, 15) is 0 Å². The van der Waals surface area contributed by atoms with Crippen molar-refractivity contribution in [3.8, 4) is 5.69 Å². The van der Waals surface area contributed by atoms with Crippen molar-refractivity contribution in [2.24, 2.45) is 0 Å². The largest absolute Gasteiger partial charge is 0.306 e. The average Bonchev–Trinajstić information content (AvgIpc) is 2.79. The van der Waals surface area contributed by atoms with Gasteiger partial charge in [-0.05, 0) is 39.3 Å². The summed E-state index contributed by atoms with van der Waals surface area (Å²) in [5, 5.41) is 3.64. The maximum atomic E-state index is 4.46. The number of imidazole rings is 1. The number of hydrogen-bond donors (Lipinski definition) is 1. The van der Waals surface area contributed by atoms with Crippen LogP contribution in [0.4, 0.5) is 0 Å². The Bertz CT molecular complexity index is 541. The second-order valence-corrected chi connectivity index (χ2v) is 5.96. The van der Waals surface area contributed by atoms with Gasteiger partial charge in [0, 0.05) is 17.8 Å². The smallest absolute Gasteiger partial charge is 0.110 e. The fourth-order valence-corrected chi connectivity index (χ4v) is 2.59. The van der Waals surface area contributed by atoms with Gasteiger partial charge >= 0.3 is 0 Å². The number of nitrogens with zero attached hydrogens (tertiary/aromatic N) is 2. The van der Waals surface area contributed by atoms with Gasteiger partial charge < -0.3 is 5.32 Å². The summed E-state index contributed by atoms with van der Waals surface area (Å²) < 4.78 is 2.22. The second-order valence-electron chi connectivity index (χ2n) is 5.96. The van der Waals surface area contributed by atoms with E-state index in [-0.39, 0.29) is 5.54 Å². The molecular formula is C17H25N3. The Labute approximate surface area is 122 Å². The van der Waals surface area contributed by atoms with Crippen molar-refractivity contribution < 1.29 is 0 Å². The zero-order valence-corrected chi connectivity index (χ0v) is 13.0. The first-order chi connectivity index (χ1) is 9.53. The highest BCUT2D eigenvalue weighted by molar-refractivity contribution is 5.35. The summed E-state index contributed by atoms with van der Waals surface area (Å²) in [5.41, 5.74) is 2.54. The lowest BCUT2D eigenvalue weighted by Gasteiger charge is -2.26. The fraction of sp³-hybridized carbons (Fsp3) is 0.471. The van der Waals surface area contributed by atoms with Crippen LogP contribution in [0.15, 0.2) is 36.5 Å². The first-order valence-corrected chi connectivity index (χ1v) is 7.37. The van der Waals surface area contributed by atoms with Gasteiger partial charge in [0.1, 0.15) is 5.82 Å². The highest BCUT2D eigenvalue weighted by Crippen LogP contribution is 2.16. The summed E-state index contributed by atoms with van der Waals surface area (Å²) in [6, 6.07) is 10.4. The summed E-state index contributed by atoms with van der Waals surface area (Å²) in [6.07, 6.45) is 4.33. The van der Waals surface area contributed by atoms with Crippen molar-refractivity contribution in [3.63, 3.8) is 0 Å². The molecule has 3 nitrogen and oxygen atoms in total. The quantitative estimate of drug-likeness (QED) is 0.865. The Balaban J connectivity index is 2.18. The Morgan fingerprint density at radius 2 is 1.90 bits per heavy atom. The lowest BCUT2D eigenvalue weighted by Crippen LogP contribution is -2.38. The number of hydrogen-bond acceptors (Lipinski definition) is 2. The number of aromatic nitrogens is 2. The number of rotatable bonds is 6. The second kappa shape index (κ2) is 6.23. The van der Waals surface area contributed by atoms with Crippen LogP contribution >= 0.6 is 0 Å². The van der Waals surface area contributed by atoms with Crippen LogP contribution in [-0.2, 0) is 6.54 Å². The van der Waals surface area contributed by atoms with Crippen LogP contribution in [0.5, 0.6) is 0 Å². The molecule has 0 saturated heterocycles. The van der Waals surface area contributed by atoms with E-state index in [1.54, 1.807) is 0 Å². The third kappa shape index (κ3) is 3.48. The zero-order chi connectivity index (χ0) is 14.6. The molecule has 1 heterocycles. The average molecular weight is 271 g/mol. The van der Waals surface area contributed by atoms with Gasteiger partial charge in [-0.15, -0.1) is 0 Å². The van der Waals surface area contributed by atoms with Crippen molar-refractivity contribution in [1.82, 2.24) is 14.9 Å². The maximum absolute atomic E-state index is 4.46. The van der Waals surface area contributed by atoms with Gasteiger partial charge in [-0.1, -0.05) is 31.5 Å². The molecule has 0 unspecified atom stereocenters. The van der Waals surface area contributed by atoms with Crippen molar-refractivity contribution in [1.29, 1.82) is 0 Å². The van der Waals surface area contributed by atoms with Crippen LogP contribution in [0.2, 0.25) is 0 Å². The lowest BCUT2D eigenvalue weighted by atomic mass is 9.99. The SMILES string of the molecule is CCCC(C)(C)NCc1cnc(C)n1-c1ccccc1. The van der Waals surface area contributed by atoms with E-state index in [4.69, 9.17) is 0 Å². The maximum Gasteiger partial charge on any atom is 0.110 e. The molecule has 2 aromatic rings. The minimum atomic E-state index is 0.161. The summed E-state index contributed by atoms with van der Waals surface area (Å²) in [7, 11) is 0. The van der Waals surface area contributed by atoms with E-state index in [0.717, 1.165) is 12.4 Å². The summed E-state index contributed by atoms with van der Waals surface area (Å²) >= 11 is 0. The van der Waals surface area contributed by atoms with Crippen LogP contribution in [0, 0.1) is 6.92 Å². The van der Waals surface area contributed by atoms with Gasteiger partial charge in [-0.3, -0.25) is 4.57 Å². The van der Waals surface area contributed by atoms with E-state index in [1.165, 1.54) is 24.2 Å². The van der Waals surface area contributed by atoms with Gasteiger partial charge in [0.2, 0.25) is 0 Å². The monoisotopic (exact) mass is 271 g/mol. The number of para-hydroxylation sites is 1. The molecule has 0 aliphatic heterocycles. The van der Waals surface area contributed by atoms with Crippen molar-refractivity contribution in [2.45, 2.75) is 52.6 Å². The first-order valence-electron chi connectivity index (χ1n) is 7.37. The Kier molecular flexibility index (Phi) is 4.61. The predicted octanol–water partition coefficient (Wildman–Crippen LogP) is 3.85.